The zero-order chi connectivity index (χ0) is 14.3. The van der Waals surface area contributed by atoms with Crippen LogP contribution in [0.4, 0.5) is 10.5 Å². The van der Waals surface area contributed by atoms with Crippen molar-refractivity contribution in [1.29, 1.82) is 0 Å². The Morgan fingerprint density at radius 3 is 2.79 bits per heavy atom. The van der Waals surface area contributed by atoms with Crippen molar-refractivity contribution in [2.75, 3.05) is 11.0 Å². The third kappa shape index (κ3) is 5.60. The number of carbonyl (C=O) groups excluding carboxylic acids is 1. The number of nitrogens with zero attached hydrogens (tertiary/aromatic N) is 1. The third-order valence-electron chi connectivity index (χ3n) is 2.14. The Morgan fingerprint density at radius 2 is 2.21 bits per heavy atom. The molecule has 104 valence electrons. The molecule has 0 aliphatic rings. The quantitative estimate of drug-likeness (QED) is 0.175. The van der Waals surface area contributed by atoms with E-state index in [9.17, 15) is 14.9 Å². The molecule has 1 rings (SSSR count). The molecule has 0 N–H and O–H groups in total. The van der Waals surface area contributed by atoms with Crippen LogP contribution in [0.3, 0.4) is 0 Å². The lowest BCUT2D eigenvalue weighted by Gasteiger charge is -2.08. The Labute approximate surface area is 128 Å². The maximum atomic E-state index is 10.8. The van der Waals surface area contributed by atoms with Crippen molar-refractivity contribution < 1.29 is 19.2 Å². The summed E-state index contributed by atoms with van der Waals surface area (Å²) in [5.74, 6) is 0.496. The van der Waals surface area contributed by atoms with Crippen LogP contribution in [-0.2, 0) is 11.3 Å². The van der Waals surface area contributed by atoms with Crippen LogP contribution in [0.5, 0.6) is 5.75 Å². The summed E-state index contributed by atoms with van der Waals surface area (Å²) in [7, 11) is 0. The third-order valence-corrected chi connectivity index (χ3v) is 3.01. The van der Waals surface area contributed by atoms with Gasteiger partial charge in [0.15, 0.2) is 0 Å². The summed E-state index contributed by atoms with van der Waals surface area (Å²) >= 11 is 7.27. The lowest BCUT2D eigenvalue weighted by molar-refractivity contribution is -0.385. The number of nitro benzene ring substituents is 1. The van der Waals surface area contributed by atoms with Gasteiger partial charge in [0.1, 0.15) is 12.4 Å². The highest BCUT2D eigenvalue weighted by atomic mass is 127. The Kier molecular flexibility index (Phi) is 6.85. The van der Waals surface area contributed by atoms with E-state index < -0.39 is 10.4 Å². The van der Waals surface area contributed by atoms with Gasteiger partial charge in [-0.05, 0) is 18.6 Å². The summed E-state index contributed by atoms with van der Waals surface area (Å²) in [5.41, 5.74) is -0.907. The SMILES string of the molecule is O=C(Cl)OCc1cc(OCCCI)ccc1[N+](=O)[O-]. The summed E-state index contributed by atoms with van der Waals surface area (Å²) in [6, 6.07) is 4.30. The molecule has 8 heteroatoms. The Hall–Kier alpha value is -1.09. The minimum absolute atomic E-state index is 0.140. The normalized spacial score (nSPS) is 10.0. The average molecular weight is 400 g/mol. The molecule has 1 aromatic carbocycles. The van der Waals surface area contributed by atoms with Crippen molar-refractivity contribution in [1.82, 2.24) is 0 Å². The molecule has 0 radical (unpaired) electrons. The maximum absolute atomic E-state index is 10.8. The first kappa shape index (κ1) is 16.0. The van der Waals surface area contributed by atoms with Gasteiger partial charge in [-0.15, -0.1) is 0 Å². The van der Waals surface area contributed by atoms with E-state index in [4.69, 9.17) is 16.3 Å². The molecule has 6 nitrogen and oxygen atoms in total. The topological polar surface area (TPSA) is 78.7 Å². The minimum atomic E-state index is -1.01. The number of carbonyl (C=O) groups is 1. The van der Waals surface area contributed by atoms with Gasteiger partial charge in [0, 0.05) is 22.1 Å². The Morgan fingerprint density at radius 1 is 1.47 bits per heavy atom. The van der Waals surface area contributed by atoms with Crippen LogP contribution in [0.25, 0.3) is 0 Å². The summed E-state index contributed by atoms with van der Waals surface area (Å²) in [4.78, 5) is 20.8. The molecule has 0 amide bonds. The van der Waals surface area contributed by atoms with Crippen LogP contribution >= 0.6 is 34.2 Å². The summed E-state index contributed by atoms with van der Waals surface area (Å²) in [6.07, 6.45) is 0.879. The Bertz CT molecular complexity index is 468. The van der Waals surface area contributed by atoms with Gasteiger partial charge in [-0.3, -0.25) is 10.1 Å². The molecule has 0 heterocycles. The molecule has 1 aromatic rings. The van der Waals surface area contributed by atoms with Gasteiger partial charge in [0.05, 0.1) is 17.1 Å². The van der Waals surface area contributed by atoms with E-state index in [1.54, 1.807) is 0 Å². The zero-order valence-corrected chi connectivity index (χ0v) is 12.7. The first-order valence-electron chi connectivity index (χ1n) is 5.33. The fraction of sp³-hybridized carbons (Fsp3) is 0.364. The molecule has 0 saturated carbocycles. The lowest BCUT2D eigenvalue weighted by Crippen LogP contribution is -2.02. The van der Waals surface area contributed by atoms with Gasteiger partial charge in [0.25, 0.3) is 5.69 Å². The minimum Gasteiger partial charge on any atom is -0.494 e. The highest BCUT2D eigenvalue weighted by molar-refractivity contribution is 14.1. The first-order valence-corrected chi connectivity index (χ1v) is 7.23. The monoisotopic (exact) mass is 399 g/mol. The molecular weight excluding hydrogens is 388 g/mol. The van der Waals surface area contributed by atoms with E-state index in [2.05, 4.69) is 27.3 Å². The second-order valence-corrected chi connectivity index (χ2v) is 4.85. The number of ether oxygens (including phenoxy) is 2. The van der Waals surface area contributed by atoms with Crippen LogP contribution in [0.1, 0.15) is 12.0 Å². The second-order valence-electron chi connectivity index (χ2n) is 3.46. The van der Waals surface area contributed by atoms with E-state index in [0.29, 0.717) is 12.4 Å². The van der Waals surface area contributed by atoms with Crippen molar-refractivity contribution in [3.05, 3.63) is 33.9 Å². The summed E-state index contributed by atoms with van der Waals surface area (Å²) in [6.45, 7) is 0.262. The molecule has 0 atom stereocenters. The zero-order valence-electron chi connectivity index (χ0n) is 9.80. The van der Waals surface area contributed by atoms with Gasteiger partial charge >= 0.3 is 5.43 Å². The molecule has 0 spiro atoms. The molecule has 0 fully saturated rings. The number of rotatable bonds is 7. The van der Waals surface area contributed by atoms with Crippen molar-refractivity contribution in [2.24, 2.45) is 0 Å². The van der Waals surface area contributed by atoms with Gasteiger partial charge < -0.3 is 9.47 Å². The van der Waals surface area contributed by atoms with Gasteiger partial charge in [0.2, 0.25) is 0 Å². The van der Waals surface area contributed by atoms with Gasteiger partial charge in [-0.2, -0.15) is 0 Å². The summed E-state index contributed by atoms with van der Waals surface area (Å²) < 4.78 is 11.0. The molecule has 0 unspecified atom stereocenters. The number of benzene rings is 1. The standard InChI is InChI=1S/C11H11ClINO5/c12-11(15)19-7-8-6-9(18-5-1-4-13)2-3-10(8)14(16)17/h2-3,6H,1,4-5,7H2. The number of halogens is 2. The van der Waals surface area contributed by atoms with Crippen molar-refractivity contribution in [2.45, 2.75) is 13.0 Å². The van der Waals surface area contributed by atoms with Crippen molar-refractivity contribution in [3.63, 3.8) is 0 Å². The highest BCUT2D eigenvalue weighted by Gasteiger charge is 2.16. The number of hydrogen-bond donors (Lipinski definition) is 0. The van der Waals surface area contributed by atoms with E-state index in [-0.39, 0.29) is 17.9 Å². The maximum Gasteiger partial charge on any atom is 0.404 e. The predicted octanol–water partition coefficient (Wildman–Crippen LogP) is 3.67. The second kappa shape index (κ2) is 8.16. The molecule has 0 saturated heterocycles. The number of hydrogen-bond acceptors (Lipinski definition) is 5. The molecule has 0 bridgehead atoms. The summed E-state index contributed by atoms with van der Waals surface area (Å²) in [5, 5.41) is 10.8. The number of nitro groups is 1. The van der Waals surface area contributed by atoms with Gasteiger partial charge in [-0.1, -0.05) is 22.6 Å². The lowest BCUT2D eigenvalue weighted by atomic mass is 10.2. The van der Waals surface area contributed by atoms with Gasteiger partial charge in [-0.25, -0.2) is 4.79 Å². The predicted molar refractivity (Wildman–Crippen MR) is 78.1 cm³/mol. The molecule has 19 heavy (non-hydrogen) atoms. The molecule has 0 aromatic heterocycles. The van der Waals surface area contributed by atoms with E-state index in [1.807, 2.05) is 0 Å². The fourth-order valence-electron chi connectivity index (χ4n) is 1.32. The van der Waals surface area contributed by atoms with Crippen LogP contribution in [0, 0.1) is 10.1 Å². The van der Waals surface area contributed by atoms with Crippen molar-refractivity contribution in [3.8, 4) is 5.75 Å². The van der Waals surface area contributed by atoms with E-state index >= 15 is 0 Å². The van der Waals surface area contributed by atoms with Crippen LogP contribution in [-0.4, -0.2) is 21.4 Å². The molecule has 0 aliphatic heterocycles. The van der Waals surface area contributed by atoms with E-state index in [1.165, 1.54) is 18.2 Å². The molecular formula is C11H11ClINO5. The van der Waals surface area contributed by atoms with Crippen LogP contribution < -0.4 is 4.74 Å². The smallest absolute Gasteiger partial charge is 0.404 e. The average Bonchev–Trinajstić information content (AvgIpc) is 2.36. The van der Waals surface area contributed by atoms with E-state index in [0.717, 1.165) is 10.8 Å². The Balaban J connectivity index is 2.84. The van der Waals surface area contributed by atoms with Crippen LogP contribution in [0.2, 0.25) is 0 Å². The number of alkyl halides is 1. The fourth-order valence-corrected chi connectivity index (χ4v) is 1.69. The highest BCUT2D eigenvalue weighted by Crippen LogP contribution is 2.25. The molecule has 0 aliphatic carbocycles. The largest absolute Gasteiger partial charge is 0.494 e. The first-order chi connectivity index (χ1) is 9.04. The van der Waals surface area contributed by atoms with Crippen molar-refractivity contribution >= 4 is 45.3 Å². The van der Waals surface area contributed by atoms with Crippen LogP contribution in [0.15, 0.2) is 18.2 Å².